The number of likely N-dealkylation sites (tertiary alicyclic amines) is 7. The number of alkyl halides is 2. The van der Waals surface area contributed by atoms with Gasteiger partial charge in [-0.2, -0.15) is 0 Å². The molecule has 0 aliphatic carbocycles. The van der Waals surface area contributed by atoms with Crippen molar-refractivity contribution in [2.45, 2.75) is 350 Å². The molecule has 0 radical (unpaired) electrons. The normalized spacial score (nSPS) is 23.1. The summed E-state index contributed by atoms with van der Waals surface area (Å²) in [5.41, 5.74) is 10.2. The Morgan fingerprint density at radius 1 is 0.281 bits per heavy atom. The molecule has 0 N–H and O–H groups in total. The Balaban J connectivity index is 0.000000214. The molecule has 7 unspecified atom stereocenters. The molecule has 6 aromatic carbocycles. The fourth-order valence-corrected chi connectivity index (χ4v) is 19.2. The van der Waals surface area contributed by atoms with Crippen LogP contribution in [0, 0.1) is 0 Å². The molecule has 12 heteroatoms. The van der Waals surface area contributed by atoms with Gasteiger partial charge in [0.15, 0.2) is 0 Å². The van der Waals surface area contributed by atoms with Crippen molar-refractivity contribution in [3.05, 3.63) is 245 Å². The third kappa shape index (κ3) is 36.1. The molecule has 0 spiro atoms. The van der Waals surface area contributed by atoms with E-state index in [-0.39, 0.29) is 27.7 Å². The van der Waals surface area contributed by atoms with Gasteiger partial charge in [-0.3, -0.25) is 24.6 Å². The predicted octanol–water partition coefficient (Wildman–Crippen LogP) is 27.1. The molecule has 0 amide bonds. The highest BCUT2D eigenvalue weighted by atomic mass is 19.3. The lowest BCUT2D eigenvalue weighted by molar-refractivity contribution is -0.0233. The smallest absolute Gasteiger partial charge is 0.249 e. The Hall–Kier alpha value is -6.03. The summed E-state index contributed by atoms with van der Waals surface area (Å²) in [5.74, 6) is -0.126. The number of rotatable bonds is 15. The molecule has 8 fully saturated rings. The predicted molar refractivity (Wildman–Crippen MR) is 518 cm³/mol. The third-order valence-electron chi connectivity index (χ3n) is 26.5. The van der Waals surface area contributed by atoms with Crippen molar-refractivity contribution in [2.24, 2.45) is 0 Å². The van der Waals surface area contributed by atoms with Crippen LogP contribution in [0.2, 0.25) is 0 Å². The largest absolute Gasteiger partial charge is 0.378 e. The molecule has 9 heterocycles. The fourth-order valence-electron chi connectivity index (χ4n) is 19.2. The molecule has 0 saturated carbocycles. The highest BCUT2D eigenvalue weighted by molar-refractivity contribution is 5.25. The van der Waals surface area contributed by atoms with Crippen LogP contribution in [0.25, 0.3) is 0 Å². The van der Waals surface area contributed by atoms with Crippen LogP contribution in [0.5, 0.6) is 0 Å². The van der Waals surface area contributed by atoms with Gasteiger partial charge in [0.05, 0.1) is 31.0 Å². The molecular formula is C109H173F2N9O. The highest BCUT2D eigenvalue weighted by Gasteiger charge is 2.34. The zero-order valence-electron chi connectivity index (χ0n) is 77.5. The second-order valence-electron chi connectivity index (χ2n) is 37.5. The summed E-state index contributed by atoms with van der Waals surface area (Å²) in [7, 11) is 0. The van der Waals surface area contributed by atoms with Gasteiger partial charge in [0.1, 0.15) is 0 Å². The van der Waals surface area contributed by atoms with E-state index in [1.54, 1.807) is 0 Å². The summed E-state index contributed by atoms with van der Waals surface area (Å²) < 4.78 is 31.3. The van der Waals surface area contributed by atoms with Gasteiger partial charge in [-0.1, -0.05) is 235 Å². The van der Waals surface area contributed by atoms with Crippen LogP contribution in [0.4, 0.5) is 8.78 Å². The zero-order chi connectivity index (χ0) is 85.3. The van der Waals surface area contributed by atoms with Gasteiger partial charge in [-0.15, -0.1) is 0 Å². The van der Waals surface area contributed by atoms with Crippen molar-refractivity contribution in [2.75, 3.05) is 91.8 Å². The lowest BCUT2D eigenvalue weighted by Crippen LogP contribution is -2.43. The summed E-state index contributed by atoms with van der Waals surface area (Å²) in [4.78, 5) is 24.9. The summed E-state index contributed by atoms with van der Waals surface area (Å²) in [6.45, 7) is 51.6. The maximum atomic E-state index is 12.9. The lowest BCUT2D eigenvalue weighted by atomic mass is 9.92. The van der Waals surface area contributed by atoms with Crippen molar-refractivity contribution < 1.29 is 13.5 Å². The monoisotopic (exact) mass is 1660 g/mol. The molecule has 7 atom stereocenters. The molecule has 8 aliphatic heterocycles. The molecule has 674 valence electrons. The Labute approximate surface area is 740 Å². The van der Waals surface area contributed by atoms with Crippen LogP contribution < -0.4 is 0 Å². The van der Waals surface area contributed by atoms with Gasteiger partial charge in [0.2, 0.25) is 5.92 Å². The average molecular weight is 1660 g/mol. The minimum atomic E-state index is -2.41. The van der Waals surface area contributed by atoms with E-state index in [4.69, 9.17) is 4.74 Å². The van der Waals surface area contributed by atoms with Gasteiger partial charge in [0.25, 0.3) is 0 Å². The molecule has 7 aromatic rings. The third-order valence-corrected chi connectivity index (χ3v) is 26.5. The lowest BCUT2D eigenvalue weighted by Gasteiger charge is -2.38. The molecular weight excluding hydrogens is 1490 g/mol. The topological polar surface area (TPSA) is 48.0 Å². The van der Waals surface area contributed by atoms with Gasteiger partial charge in [0, 0.05) is 106 Å². The van der Waals surface area contributed by atoms with E-state index in [1.807, 2.05) is 12.3 Å². The first-order valence-corrected chi connectivity index (χ1v) is 47.6. The number of morpholine rings is 1. The van der Waals surface area contributed by atoms with E-state index < -0.39 is 5.92 Å². The molecule has 0 bridgehead atoms. The maximum absolute atomic E-state index is 12.9. The van der Waals surface area contributed by atoms with Gasteiger partial charge in [-0.25, -0.2) is 8.78 Å². The Bertz CT molecular complexity index is 3600. The van der Waals surface area contributed by atoms with E-state index >= 15 is 0 Å². The van der Waals surface area contributed by atoms with Crippen LogP contribution in [-0.4, -0.2) is 190 Å². The average Bonchev–Trinajstić information content (AvgIpc) is 1.80. The summed E-state index contributed by atoms with van der Waals surface area (Å²) in [5, 5.41) is 0. The minimum Gasteiger partial charge on any atom is -0.378 e. The first-order chi connectivity index (χ1) is 57.5. The zero-order valence-corrected chi connectivity index (χ0v) is 77.5. The Morgan fingerprint density at radius 3 is 1.07 bits per heavy atom. The van der Waals surface area contributed by atoms with Crippen LogP contribution in [0.15, 0.2) is 206 Å². The Kier molecular flexibility index (Phi) is 48.7. The molecule has 8 saturated heterocycles. The quantitative estimate of drug-likeness (QED) is 0.0992. The number of benzene rings is 6. The summed E-state index contributed by atoms with van der Waals surface area (Å²) in [6, 6.07) is 79.0. The number of ether oxygens (including phenoxy) is 1. The number of halogens is 2. The number of hydrogen-bond donors (Lipinski definition) is 0. The van der Waals surface area contributed by atoms with Crippen molar-refractivity contribution in [1.29, 1.82) is 0 Å². The van der Waals surface area contributed by atoms with Crippen LogP contribution in [-0.2, 0) is 4.74 Å². The number of hydrogen-bond acceptors (Lipinski definition) is 10. The second-order valence-corrected chi connectivity index (χ2v) is 37.5. The van der Waals surface area contributed by atoms with Crippen molar-refractivity contribution in [3.8, 4) is 0 Å². The molecule has 8 aliphatic rings. The fraction of sp³-hybridized carbons (Fsp3) is 0.624. The molecule has 10 nitrogen and oxygen atoms in total. The molecule has 15 rings (SSSR count). The van der Waals surface area contributed by atoms with Crippen molar-refractivity contribution >= 4 is 0 Å². The number of pyridine rings is 1. The van der Waals surface area contributed by atoms with Gasteiger partial charge >= 0.3 is 0 Å². The van der Waals surface area contributed by atoms with Crippen LogP contribution in [0.1, 0.15) is 335 Å². The van der Waals surface area contributed by atoms with Crippen LogP contribution in [0.3, 0.4) is 0 Å². The van der Waals surface area contributed by atoms with E-state index in [9.17, 15) is 8.78 Å². The molecule has 1 aromatic heterocycles. The van der Waals surface area contributed by atoms with Crippen molar-refractivity contribution in [3.63, 3.8) is 0 Å². The number of nitrogens with zero attached hydrogens (tertiary/aromatic N) is 9. The summed E-state index contributed by atoms with van der Waals surface area (Å²) >= 11 is 0. The van der Waals surface area contributed by atoms with E-state index in [2.05, 4.69) is 349 Å². The highest BCUT2D eigenvalue weighted by Crippen LogP contribution is 2.37. The van der Waals surface area contributed by atoms with E-state index in [0.717, 1.165) is 44.1 Å². The first kappa shape index (κ1) is 104. The van der Waals surface area contributed by atoms with Gasteiger partial charge in [-0.05, 0) is 310 Å². The number of aromatic nitrogens is 1. The Morgan fingerprint density at radius 2 is 0.612 bits per heavy atom. The first-order valence-electron chi connectivity index (χ1n) is 47.6. The maximum Gasteiger partial charge on any atom is 0.249 e. The van der Waals surface area contributed by atoms with E-state index in [0.29, 0.717) is 85.5 Å². The van der Waals surface area contributed by atoms with Gasteiger partial charge < -0.3 is 24.3 Å². The van der Waals surface area contributed by atoms with Crippen molar-refractivity contribution in [1.82, 2.24) is 44.2 Å². The SMILES string of the molecule is C.C.CC(C)N1CCC(c2ccccc2)C1.CC(C)N1CCCC(F)(F)CC1.CC(C)N1CCCC(c2ccccc2)CC1.CC(C)N1CCCC1c1ccccc1.CC(C)N1CCCCC(c2ccccc2)C1.CC(C)N1CCCCCC1c1ccccc1.CC(C)N1CCCCCC1c1ccccn1.CC(C)N1CCOCC1c1ccccc1. The standard InChI is InChI=1S/3C15H23N.C14H22N2.C13H19NO.2C13H19N.C9H17F2N.2CH4/c1-13(2)16-12-8-4-7-11-15(16)14-9-5-3-6-10-14;1-13(2)16-11-7-6-10-15(12-16)14-8-4-3-5-9-14;1-13(2)16-11-6-9-15(10-12-16)14-7-4-3-5-8-14;1-12(2)16-11-7-3-4-9-14(16)13-8-5-6-10-15-13;1-11(2)14-8-9-15-10-13(14)12-6-4-3-5-7-12;1-11(2)14-10-6-9-13(14)12-7-4-3-5-8-12;1-11(2)14-9-8-13(10-14)12-6-4-3-5-7-12;1-8(2)12-6-3-4-9(10,11)5-7-12;;/h3,5-6,9-10,13,15H,4,7-8,11-12H2,1-2H3;3-5,8-9,13,15H,6-7,10-12H2,1-2H3;3-5,7-8,13,15H,6,9-12H2,1-2H3;5-6,8,10,12,14H,3-4,7,9,11H2,1-2H3;3-7,11,13H,8-10H2,1-2H3;3-5,7-8,11,13H,6,9-10H2,1-2H3;3-7,11,13H,8-10H2,1-2H3;8H,3-7H2,1-2H3;2*1H4. The van der Waals surface area contributed by atoms with E-state index in [1.165, 1.54) is 207 Å². The minimum absolute atomic E-state index is 0. The molecule has 121 heavy (non-hydrogen) atoms. The summed E-state index contributed by atoms with van der Waals surface area (Å²) in [6.07, 6.45) is 25.5. The van der Waals surface area contributed by atoms with Crippen LogP contribution >= 0.6 is 0 Å². The second kappa shape index (κ2) is 56.8.